The molecule has 1 atom stereocenters. The van der Waals surface area contributed by atoms with E-state index in [0.717, 1.165) is 17.5 Å². The van der Waals surface area contributed by atoms with Crippen molar-refractivity contribution in [3.8, 4) is 0 Å². The average Bonchev–Trinajstić information content (AvgIpc) is 2.58. The lowest BCUT2D eigenvalue weighted by atomic mass is 9.75. The van der Waals surface area contributed by atoms with Crippen LogP contribution in [0, 0.1) is 10.8 Å². The number of carbonyl (C=O) groups is 1. The number of benzene rings is 1. The van der Waals surface area contributed by atoms with Gasteiger partial charge in [-0.15, -0.1) is 0 Å². The van der Waals surface area contributed by atoms with Gasteiger partial charge in [0, 0.05) is 30.5 Å². The van der Waals surface area contributed by atoms with Gasteiger partial charge in [0.1, 0.15) is 0 Å². The number of hydrogen-bond acceptors (Lipinski definition) is 3. The molecule has 1 amide bonds. The zero-order chi connectivity index (χ0) is 19.5. The third-order valence-corrected chi connectivity index (χ3v) is 5.32. The summed E-state index contributed by atoms with van der Waals surface area (Å²) in [4.78, 5) is 17.5. The Labute approximate surface area is 166 Å². The van der Waals surface area contributed by atoms with Gasteiger partial charge in [0.05, 0.1) is 11.5 Å². The molecule has 0 spiro atoms. The molecule has 1 unspecified atom stereocenters. The average molecular weight is 386 g/mol. The van der Waals surface area contributed by atoms with Crippen LogP contribution in [0.5, 0.6) is 0 Å². The summed E-state index contributed by atoms with van der Waals surface area (Å²) in [5, 5.41) is 7.31. The molecule has 5 heteroatoms. The zero-order valence-electron chi connectivity index (χ0n) is 16.3. The van der Waals surface area contributed by atoms with E-state index in [4.69, 9.17) is 11.6 Å². The topological polar surface area (TPSA) is 54.0 Å². The predicted molar refractivity (Wildman–Crippen MR) is 110 cm³/mol. The van der Waals surface area contributed by atoms with E-state index < -0.39 is 5.41 Å². The second-order valence-corrected chi connectivity index (χ2v) is 9.20. The number of nitrogens with zero attached hydrogens (tertiary/aromatic N) is 1. The second-order valence-electron chi connectivity index (χ2n) is 8.76. The van der Waals surface area contributed by atoms with Gasteiger partial charge in [-0.2, -0.15) is 0 Å². The first kappa shape index (κ1) is 19.8. The van der Waals surface area contributed by atoms with Gasteiger partial charge >= 0.3 is 0 Å². The maximum atomic E-state index is 13.3. The van der Waals surface area contributed by atoms with Crippen molar-refractivity contribution in [3.63, 3.8) is 0 Å². The number of aromatic nitrogens is 1. The van der Waals surface area contributed by atoms with Crippen LogP contribution in [0.2, 0.25) is 5.02 Å². The van der Waals surface area contributed by atoms with E-state index in [1.807, 2.05) is 42.6 Å². The molecule has 1 aliphatic heterocycles. The van der Waals surface area contributed by atoms with E-state index in [0.29, 0.717) is 24.5 Å². The van der Waals surface area contributed by atoms with Gasteiger partial charge in [-0.3, -0.25) is 9.78 Å². The molecule has 0 saturated carbocycles. The first-order valence-corrected chi connectivity index (χ1v) is 9.81. The normalized spacial score (nSPS) is 17.0. The van der Waals surface area contributed by atoms with Gasteiger partial charge in [0.15, 0.2) is 0 Å². The van der Waals surface area contributed by atoms with Crippen molar-refractivity contribution in [2.75, 3.05) is 13.1 Å². The molecule has 1 fully saturated rings. The van der Waals surface area contributed by atoms with Gasteiger partial charge < -0.3 is 10.6 Å². The molecule has 1 aliphatic rings. The lowest BCUT2D eigenvalue weighted by Crippen LogP contribution is -2.63. The molecular weight excluding hydrogens is 358 g/mol. The maximum absolute atomic E-state index is 13.3. The van der Waals surface area contributed by atoms with Crippen LogP contribution >= 0.6 is 11.6 Å². The summed E-state index contributed by atoms with van der Waals surface area (Å²) < 4.78 is 0. The van der Waals surface area contributed by atoms with Gasteiger partial charge in [-0.25, -0.2) is 0 Å². The van der Waals surface area contributed by atoms with E-state index in [-0.39, 0.29) is 17.4 Å². The number of hydrogen-bond donors (Lipinski definition) is 2. The molecule has 4 nitrogen and oxygen atoms in total. The molecular formula is C22H28ClN3O. The van der Waals surface area contributed by atoms with Gasteiger partial charge in [0.25, 0.3) is 0 Å². The maximum Gasteiger partial charge on any atom is 0.229 e. The Bertz CT molecular complexity index is 764. The minimum atomic E-state index is -0.411. The molecule has 1 aromatic carbocycles. The Kier molecular flexibility index (Phi) is 5.87. The molecule has 3 rings (SSSR count). The third-order valence-electron chi connectivity index (χ3n) is 5.07. The molecule has 1 aromatic heterocycles. The summed E-state index contributed by atoms with van der Waals surface area (Å²) in [6, 6.07) is 11.7. The highest BCUT2D eigenvalue weighted by molar-refractivity contribution is 6.30. The number of pyridine rings is 1. The van der Waals surface area contributed by atoms with E-state index in [1.54, 1.807) is 6.20 Å². The fraction of sp³-hybridized carbons (Fsp3) is 0.455. The molecule has 0 radical (unpaired) electrons. The molecule has 2 heterocycles. The number of rotatable bonds is 6. The SMILES string of the molecule is CC(C)(C)CC(NC(=O)C1(Cc2ccc(Cl)cc2)CNC1)c1cccnc1. The largest absolute Gasteiger partial charge is 0.349 e. The molecule has 1 saturated heterocycles. The lowest BCUT2D eigenvalue weighted by molar-refractivity contribution is -0.135. The Hall–Kier alpha value is -1.91. The lowest BCUT2D eigenvalue weighted by Gasteiger charge is -2.42. The fourth-order valence-electron chi connectivity index (χ4n) is 3.54. The van der Waals surface area contributed by atoms with Crippen molar-refractivity contribution in [3.05, 3.63) is 64.9 Å². The number of carbonyl (C=O) groups excluding carboxylic acids is 1. The third kappa shape index (κ3) is 5.08. The van der Waals surface area contributed by atoms with Crippen LogP contribution in [0.4, 0.5) is 0 Å². The van der Waals surface area contributed by atoms with E-state index in [9.17, 15) is 4.79 Å². The van der Waals surface area contributed by atoms with E-state index in [1.165, 1.54) is 0 Å². The monoisotopic (exact) mass is 385 g/mol. The van der Waals surface area contributed by atoms with Crippen LogP contribution in [-0.2, 0) is 11.2 Å². The zero-order valence-corrected chi connectivity index (χ0v) is 17.0. The van der Waals surface area contributed by atoms with Crippen LogP contribution in [0.15, 0.2) is 48.8 Å². The number of amides is 1. The molecule has 0 aliphatic carbocycles. The first-order chi connectivity index (χ1) is 12.8. The van der Waals surface area contributed by atoms with Crippen LogP contribution in [0.3, 0.4) is 0 Å². The number of nitrogens with one attached hydrogen (secondary N) is 2. The predicted octanol–water partition coefficient (Wildman–Crippen LogP) is 4.16. The smallest absolute Gasteiger partial charge is 0.229 e. The first-order valence-electron chi connectivity index (χ1n) is 9.44. The van der Waals surface area contributed by atoms with Crippen LogP contribution in [-0.4, -0.2) is 24.0 Å². The fourth-order valence-corrected chi connectivity index (χ4v) is 3.67. The molecule has 144 valence electrons. The van der Waals surface area contributed by atoms with Crippen molar-refractivity contribution in [2.45, 2.75) is 39.7 Å². The van der Waals surface area contributed by atoms with Crippen LogP contribution in [0.25, 0.3) is 0 Å². The second kappa shape index (κ2) is 7.99. The summed E-state index contributed by atoms with van der Waals surface area (Å²) in [5.41, 5.74) is 1.86. The standard InChI is InChI=1S/C22H28ClN3O/c1-21(2,3)12-19(17-5-4-10-24-13-17)26-20(27)22(14-25-15-22)11-16-6-8-18(23)9-7-16/h4-10,13,19,25H,11-12,14-15H2,1-3H3,(H,26,27). The van der Waals surface area contributed by atoms with Crippen molar-refractivity contribution < 1.29 is 4.79 Å². The molecule has 2 aromatic rings. The summed E-state index contributed by atoms with van der Waals surface area (Å²) in [5.74, 6) is 0.106. The highest BCUT2D eigenvalue weighted by Gasteiger charge is 2.45. The minimum Gasteiger partial charge on any atom is -0.349 e. The Morgan fingerprint density at radius 2 is 1.96 bits per heavy atom. The Balaban J connectivity index is 1.77. The molecule has 2 N–H and O–H groups in total. The highest BCUT2D eigenvalue weighted by Crippen LogP contribution is 2.33. The van der Waals surface area contributed by atoms with Gasteiger partial charge in [-0.05, 0) is 47.6 Å². The van der Waals surface area contributed by atoms with Gasteiger partial charge in [0.2, 0.25) is 5.91 Å². The van der Waals surface area contributed by atoms with Crippen molar-refractivity contribution in [1.82, 2.24) is 15.6 Å². The minimum absolute atomic E-state index is 0.0473. The molecule has 27 heavy (non-hydrogen) atoms. The number of halogens is 1. The highest BCUT2D eigenvalue weighted by atomic mass is 35.5. The van der Waals surface area contributed by atoms with Crippen molar-refractivity contribution in [2.24, 2.45) is 10.8 Å². The van der Waals surface area contributed by atoms with E-state index >= 15 is 0 Å². The summed E-state index contributed by atoms with van der Waals surface area (Å²) in [6.45, 7) is 7.96. The van der Waals surface area contributed by atoms with Crippen molar-refractivity contribution in [1.29, 1.82) is 0 Å². The quantitative estimate of drug-likeness (QED) is 0.784. The van der Waals surface area contributed by atoms with E-state index in [2.05, 4.69) is 36.4 Å². The summed E-state index contributed by atoms with van der Waals surface area (Å²) in [7, 11) is 0. The van der Waals surface area contributed by atoms with Crippen LogP contribution in [0.1, 0.15) is 44.4 Å². The van der Waals surface area contributed by atoms with Gasteiger partial charge in [-0.1, -0.05) is 50.6 Å². The van der Waals surface area contributed by atoms with Crippen LogP contribution < -0.4 is 10.6 Å². The Morgan fingerprint density at radius 1 is 1.26 bits per heavy atom. The summed E-state index contributed by atoms with van der Waals surface area (Å²) >= 11 is 5.99. The van der Waals surface area contributed by atoms with Crippen molar-refractivity contribution >= 4 is 17.5 Å². The molecule has 0 bridgehead atoms. The summed E-state index contributed by atoms with van der Waals surface area (Å²) in [6.07, 6.45) is 5.17. The Morgan fingerprint density at radius 3 is 2.48 bits per heavy atom.